The number of hydrogen-bond donors (Lipinski definition) is 2. The lowest BCUT2D eigenvalue weighted by molar-refractivity contribution is -0.115. The smallest absolute Gasteiger partial charge is 0.251 e. The third kappa shape index (κ3) is 3.90. The SMILES string of the molecule is Cc1ccc(-c2nc3c(C)cccn3c2CC(=O)Nc2sc3c(c2C(N)=O)CCCC3)cc1C. The maximum atomic E-state index is 13.3. The number of hydrogen-bond acceptors (Lipinski definition) is 4. The number of anilines is 1. The average molecular weight is 473 g/mol. The number of nitrogens with two attached hydrogens (primary N) is 1. The van der Waals surface area contributed by atoms with E-state index in [2.05, 4.69) is 37.4 Å². The Morgan fingerprint density at radius 1 is 1.09 bits per heavy atom. The maximum Gasteiger partial charge on any atom is 0.251 e. The molecule has 1 aliphatic carbocycles. The van der Waals surface area contributed by atoms with Gasteiger partial charge in [-0.1, -0.05) is 18.2 Å². The number of aryl methyl sites for hydroxylation is 4. The molecule has 0 saturated heterocycles. The number of imidazole rings is 1. The number of benzene rings is 1. The molecule has 0 atom stereocenters. The van der Waals surface area contributed by atoms with E-state index in [0.29, 0.717) is 10.6 Å². The Kier molecular flexibility index (Phi) is 5.73. The molecular weight excluding hydrogens is 444 g/mol. The third-order valence-electron chi connectivity index (χ3n) is 6.72. The second-order valence-electron chi connectivity index (χ2n) is 9.10. The fraction of sp³-hybridized carbons (Fsp3) is 0.296. The standard InChI is InChI=1S/C27H28N4O2S/c1-15-10-11-18(13-17(15)3)24-20(31-12-6-7-16(2)26(31)30-24)14-22(32)29-27-23(25(28)33)19-8-4-5-9-21(19)34-27/h6-7,10-13H,4-5,8-9,14H2,1-3H3,(H2,28,33)(H,29,32). The Balaban J connectivity index is 1.53. The van der Waals surface area contributed by atoms with E-state index in [1.807, 2.05) is 29.7 Å². The normalized spacial score (nSPS) is 13.1. The van der Waals surface area contributed by atoms with Crippen molar-refractivity contribution in [3.8, 4) is 11.3 Å². The van der Waals surface area contributed by atoms with Crippen LogP contribution in [0.15, 0.2) is 36.5 Å². The molecule has 34 heavy (non-hydrogen) atoms. The predicted molar refractivity (Wildman–Crippen MR) is 137 cm³/mol. The number of aromatic nitrogens is 2. The van der Waals surface area contributed by atoms with Crippen LogP contribution in [0.25, 0.3) is 16.9 Å². The molecule has 174 valence electrons. The summed E-state index contributed by atoms with van der Waals surface area (Å²) in [6.07, 6.45) is 5.98. The van der Waals surface area contributed by atoms with Gasteiger partial charge in [-0.15, -0.1) is 11.3 Å². The average Bonchev–Trinajstić information content (AvgIpc) is 3.35. The van der Waals surface area contributed by atoms with Crippen LogP contribution in [0.3, 0.4) is 0 Å². The number of fused-ring (bicyclic) bond motifs is 2. The van der Waals surface area contributed by atoms with Crippen molar-refractivity contribution in [3.05, 3.63) is 74.9 Å². The van der Waals surface area contributed by atoms with Crippen LogP contribution in [0, 0.1) is 20.8 Å². The number of thiophene rings is 1. The highest BCUT2D eigenvalue weighted by atomic mass is 32.1. The molecule has 0 radical (unpaired) electrons. The molecule has 2 amide bonds. The second kappa shape index (κ2) is 8.72. The fourth-order valence-corrected chi connectivity index (χ4v) is 6.09. The highest BCUT2D eigenvalue weighted by Crippen LogP contribution is 2.38. The first-order chi connectivity index (χ1) is 16.3. The summed E-state index contributed by atoms with van der Waals surface area (Å²) in [4.78, 5) is 31.6. The van der Waals surface area contributed by atoms with E-state index >= 15 is 0 Å². The summed E-state index contributed by atoms with van der Waals surface area (Å²) in [7, 11) is 0. The molecule has 5 rings (SSSR count). The lowest BCUT2D eigenvalue weighted by Gasteiger charge is -2.11. The van der Waals surface area contributed by atoms with Gasteiger partial charge in [0.05, 0.1) is 23.4 Å². The van der Waals surface area contributed by atoms with Gasteiger partial charge in [0.25, 0.3) is 5.91 Å². The molecule has 0 bridgehead atoms. The molecular formula is C27H28N4O2S. The number of amides is 2. The number of primary amides is 1. The Bertz CT molecular complexity index is 1450. The van der Waals surface area contributed by atoms with E-state index in [9.17, 15) is 9.59 Å². The van der Waals surface area contributed by atoms with Crippen molar-refractivity contribution in [2.45, 2.75) is 52.9 Å². The van der Waals surface area contributed by atoms with Gasteiger partial charge in [-0.05, 0) is 80.8 Å². The van der Waals surface area contributed by atoms with E-state index in [1.54, 1.807) is 0 Å². The van der Waals surface area contributed by atoms with Crippen molar-refractivity contribution in [1.29, 1.82) is 0 Å². The first-order valence-corrected chi connectivity index (χ1v) is 12.4. The molecule has 4 aromatic rings. The van der Waals surface area contributed by atoms with Gasteiger partial charge in [0, 0.05) is 16.6 Å². The Morgan fingerprint density at radius 2 is 1.88 bits per heavy atom. The summed E-state index contributed by atoms with van der Waals surface area (Å²) in [5.41, 5.74) is 14.1. The minimum absolute atomic E-state index is 0.133. The molecule has 0 spiro atoms. The van der Waals surface area contributed by atoms with Crippen LogP contribution >= 0.6 is 11.3 Å². The van der Waals surface area contributed by atoms with Gasteiger partial charge >= 0.3 is 0 Å². The molecule has 3 N–H and O–H groups in total. The van der Waals surface area contributed by atoms with Gasteiger partial charge < -0.3 is 15.5 Å². The fourth-order valence-electron chi connectivity index (χ4n) is 4.78. The molecule has 0 unspecified atom stereocenters. The topological polar surface area (TPSA) is 89.5 Å². The first kappa shape index (κ1) is 22.3. The number of carbonyl (C=O) groups excluding carboxylic acids is 2. The summed E-state index contributed by atoms with van der Waals surface area (Å²) in [6, 6.07) is 10.2. The van der Waals surface area contributed by atoms with Crippen LogP contribution in [0.2, 0.25) is 0 Å². The van der Waals surface area contributed by atoms with Gasteiger partial charge in [0.1, 0.15) is 10.6 Å². The van der Waals surface area contributed by atoms with Crippen molar-refractivity contribution in [3.63, 3.8) is 0 Å². The van der Waals surface area contributed by atoms with Gasteiger partial charge in [-0.25, -0.2) is 4.98 Å². The lowest BCUT2D eigenvalue weighted by Crippen LogP contribution is -2.20. The number of rotatable bonds is 5. The minimum atomic E-state index is -0.476. The number of nitrogens with one attached hydrogen (secondary N) is 1. The Hall–Kier alpha value is -3.45. The molecule has 0 fully saturated rings. The van der Waals surface area contributed by atoms with Gasteiger partial charge in [0.2, 0.25) is 5.91 Å². The summed E-state index contributed by atoms with van der Waals surface area (Å²) in [6.45, 7) is 6.18. The highest BCUT2D eigenvalue weighted by Gasteiger charge is 2.26. The van der Waals surface area contributed by atoms with Crippen molar-refractivity contribution < 1.29 is 9.59 Å². The second-order valence-corrected chi connectivity index (χ2v) is 10.2. The van der Waals surface area contributed by atoms with Gasteiger partial charge in [-0.2, -0.15) is 0 Å². The molecule has 0 aliphatic heterocycles. The van der Waals surface area contributed by atoms with Crippen LogP contribution in [0.4, 0.5) is 5.00 Å². The summed E-state index contributed by atoms with van der Waals surface area (Å²) < 4.78 is 1.99. The Morgan fingerprint density at radius 3 is 2.65 bits per heavy atom. The molecule has 7 heteroatoms. The van der Waals surface area contributed by atoms with Crippen LogP contribution in [0.1, 0.15) is 56.0 Å². The first-order valence-electron chi connectivity index (χ1n) is 11.6. The zero-order chi connectivity index (χ0) is 24.0. The number of pyridine rings is 1. The van der Waals surface area contributed by atoms with Crippen molar-refractivity contribution in [1.82, 2.24) is 9.38 Å². The minimum Gasteiger partial charge on any atom is -0.365 e. The van der Waals surface area contributed by atoms with E-state index in [1.165, 1.54) is 22.5 Å². The molecule has 3 heterocycles. The summed E-state index contributed by atoms with van der Waals surface area (Å²) in [5, 5.41) is 3.57. The largest absolute Gasteiger partial charge is 0.365 e. The molecule has 6 nitrogen and oxygen atoms in total. The van der Waals surface area contributed by atoms with Gasteiger partial charge in [-0.3, -0.25) is 9.59 Å². The van der Waals surface area contributed by atoms with Crippen molar-refractivity contribution in [2.24, 2.45) is 5.73 Å². The zero-order valence-electron chi connectivity index (χ0n) is 19.7. The quantitative estimate of drug-likeness (QED) is 0.421. The van der Waals surface area contributed by atoms with Crippen molar-refractivity contribution in [2.75, 3.05) is 5.32 Å². The van der Waals surface area contributed by atoms with E-state index in [-0.39, 0.29) is 12.3 Å². The lowest BCUT2D eigenvalue weighted by atomic mass is 9.95. The van der Waals surface area contributed by atoms with Crippen molar-refractivity contribution >= 4 is 33.8 Å². The van der Waals surface area contributed by atoms with Gasteiger partial charge in [0.15, 0.2) is 0 Å². The van der Waals surface area contributed by atoms with E-state index < -0.39 is 5.91 Å². The summed E-state index contributed by atoms with van der Waals surface area (Å²) in [5.74, 6) is -0.662. The Labute approximate surface area is 202 Å². The molecule has 0 saturated carbocycles. The molecule has 1 aromatic carbocycles. The molecule has 3 aromatic heterocycles. The maximum absolute atomic E-state index is 13.3. The number of nitrogens with zero attached hydrogens (tertiary/aromatic N) is 2. The predicted octanol–water partition coefficient (Wildman–Crippen LogP) is 5.15. The monoisotopic (exact) mass is 472 g/mol. The third-order valence-corrected chi connectivity index (χ3v) is 7.93. The van der Waals surface area contributed by atoms with Crippen LogP contribution in [-0.4, -0.2) is 21.2 Å². The van der Waals surface area contributed by atoms with Crippen LogP contribution < -0.4 is 11.1 Å². The van der Waals surface area contributed by atoms with Crippen LogP contribution in [-0.2, 0) is 24.1 Å². The molecule has 1 aliphatic rings. The number of carbonyl (C=O) groups is 2. The van der Waals surface area contributed by atoms with E-state index in [4.69, 9.17) is 10.7 Å². The zero-order valence-corrected chi connectivity index (χ0v) is 20.5. The van der Waals surface area contributed by atoms with E-state index in [0.717, 1.165) is 64.3 Å². The summed E-state index contributed by atoms with van der Waals surface area (Å²) >= 11 is 1.49. The van der Waals surface area contributed by atoms with Crippen LogP contribution in [0.5, 0.6) is 0 Å². The highest BCUT2D eigenvalue weighted by molar-refractivity contribution is 7.17.